The fourth-order valence-electron chi connectivity index (χ4n) is 2.48. The molecule has 0 aliphatic carbocycles. The highest BCUT2D eigenvalue weighted by molar-refractivity contribution is 5.93. The summed E-state index contributed by atoms with van der Waals surface area (Å²) in [6.45, 7) is 4.89. The summed E-state index contributed by atoms with van der Waals surface area (Å²) in [5.74, 6) is 0.694. The van der Waals surface area contributed by atoms with Gasteiger partial charge in [0.25, 0.3) is 0 Å². The van der Waals surface area contributed by atoms with E-state index in [4.69, 9.17) is 4.42 Å². The maximum Gasteiger partial charge on any atom is 0.250 e. The van der Waals surface area contributed by atoms with Gasteiger partial charge < -0.3 is 9.40 Å². The number of nitrogens with one attached hydrogen (secondary N) is 1. The Kier molecular flexibility index (Phi) is 3.18. The van der Waals surface area contributed by atoms with Crippen molar-refractivity contribution < 1.29 is 4.42 Å². The third-order valence-corrected chi connectivity index (χ3v) is 3.42. The van der Waals surface area contributed by atoms with Crippen molar-refractivity contribution in [3.8, 4) is 11.3 Å². The van der Waals surface area contributed by atoms with E-state index >= 15 is 0 Å². The molecule has 0 radical (unpaired) electrons. The van der Waals surface area contributed by atoms with Crippen molar-refractivity contribution >= 4 is 11.0 Å². The van der Waals surface area contributed by atoms with E-state index in [1.807, 2.05) is 23.7 Å². The summed E-state index contributed by atoms with van der Waals surface area (Å²) in [6, 6.07) is 5.25. The van der Waals surface area contributed by atoms with Gasteiger partial charge in [0.15, 0.2) is 0 Å². The summed E-state index contributed by atoms with van der Waals surface area (Å²) in [6.07, 6.45) is 3.73. The number of rotatable bonds is 4. The molecule has 5 heteroatoms. The van der Waals surface area contributed by atoms with Gasteiger partial charge in [-0.05, 0) is 25.5 Å². The topological polar surface area (TPSA) is 63.8 Å². The zero-order valence-corrected chi connectivity index (χ0v) is 11.6. The summed E-state index contributed by atoms with van der Waals surface area (Å²) in [5, 5.41) is 5.50. The van der Waals surface area contributed by atoms with Gasteiger partial charge in [0, 0.05) is 18.2 Å². The van der Waals surface area contributed by atoms with Crippen LogP contribution in [0.15, 0.2) is 33.7 Å². The van der Waals surface area contributed by atoms with E-state index in [1.54, 1.807) is 12.3 Å². The number of furan rings is 1. The molecule has 1 N–H and O–H groups in total. The summed E-state index contributed by atoms with van der Waals surface area (Å²) >= 11 is 0. The molecule has 0 saturated carbocycles. The van der Waals surface area contributed by atoms with Crippen LogP contribution in [0.5, 0.6) is 0 Å². The first-order chi connectivity index (χ1) is 9.70. The predicted octanol–water partition coefficient (Wildman–Crippen LogP) is 3.09. The number of pyridine rings is 1. The molecule has 3 rings (SSSR count). The first kappa shape index (κ1) is 12.7. The van der Waals surface area contributed by atoms with Gasteiger partial charge in [-0.15, -0.1) is 0 Å². The standard InChI is InChI=1S/C15H17N3O2/c1-3-4-7-18-15-14(10(2)17-18)11(9-13(19)16-15)12-6-5-8-20-12/h5-6,8-9H,3-4,7H2,1-2H3,(H,16,19). The number of H-pyrrole nitrogens is 1. The Balaban J connectivity index is 2.26. The molecule has 0 aliphatic heterocycles. The minimum Gasteiger partial charge on any atom is -0.464 e. The van der Waals surface area contributed by atoms with E-state index in [0.29, 0.717) is 5.76 Å². The van der Waals surface area contributed by atoms with Crippen molar-refractivity contribution in [1.82, 2.24) is 14.8 Å². The number of hydrogen-bond acceptors (Lipinski definition) is 3. The van der Waals surface area contributed by atoms with Crippen molar-refractivity contribution in [2.24, 2.45) is 0 Å². The average molecular weight is 271 g/mol. The van der Waals surface area contributed by atoms with E-state index < -0.39 is 0 Å². The molecule has 0 amide bonds. The van der Waals surface area contributed by atoms with Gasteiger partial charge in [0.2, 0.25) is 5.56 Å². The van der Waals surface area contributed by atoms with E-state index in [2.05, 4.69) is 17.0 Å². The van der Waals surface area contributed by atoms with E-state index in [1.165, 1.54) is 0 Å². The van der Waals surface area contributed by atoms with Crippen LogP contribution in [0.1, 0.15) is 25.5 Å². The van der Waals surface area contributed by atoms with Crippen LogP contribution in [0.2, 0.25) is 0 Å². The summed E-state index contributed by atoms with van der Waals surface area (Å²) < 4.78 is 7.32. The molecule has 0 aromatic carbocycles. The van der Waals surface area contributed by atoms with Crippen LogP contribution in [0, 0.1) is 6.92 Å². The van der Waals surface area contributed by atoms with Crippen molar-refractivity contribution in [3.05, 3.63) is 40.5 Å². The van der Waals surface area contributed by atoms with E-state index in [0.717, 1.165) is 41.7 Å². The van der Waals surface area contributed by atoms with Gasteiger partial charge >= 0.3 is 0 Å². The second kappa shape index (κ2) is 5.00. The monoisotopic (exact) mass is 271 g/mol. The molecule has 20 heavy (non-hydrogen) atoms. The third-order valence-electron chi connectivity index (χ3n) is 3.42. The van der Waals surface area contributed by atoms with Gasteiger partial charge in [0.1, 0.15) is 11.4 Å². The zero-order chi connectivity index (χ0) is 14.1. The quantitative estimate of drug-likeness (QED) is 0.793. The molecule has 3 heterocycles. The molecule has 0 atom stereocenters. The highest BCUT2D eigenvalue weighted by Gasteiger charge is 2.15. The second-order valence-electron chi connectivity index (χ2n) is 4.91. The third kappa shape index (κ3) is 2.05. The lowest BCUT2D eigenvalue weighted by Crippen LogP contribution is -2.08. The Morgan fingerprint density at radius 1 is 1.45 bits per heavy atom. The summed E-state index contributed by atoms with van der Waals surface area (Å²) in [5.41, 5.74) is 2.34. The van der Waals surface area contributed by atoms with Gasteiger partial charge in [0.05, 0.1) is 17.3 Å². The van der Waals surface area contributed by atoms with E-state index in [-0.39, 0.29) is 5.56 Å². The van der Waals surface area contributed by atoms with Gasteiger partial charge in [-0.3, -0.25) is 4.79 Å². The van der Waals surface area contributed by atoms with Crippen LogP contribution in [0.4, 0.5) is 0 Å². The fraction of sp³-hybridized carbons (Fsp3) is 0.333. The van der Waals surface area contributed by atoms with Crippen LogP contribution in [-0.2, 0) is 6.54 Å². The second-order valence-corrected chi connectivity index (χ2v) is 4.91. The maximum absolute atomic E-state index is 11.9. The lowest BCUT2D eigenvalue weighted by atomic mass is 10.1. The summed E-state index contributed by atoms with van der Waals surface area (Å²) in [7, 11) is 0. The average Bonchev–Trinajstić information content (AvgIpc) is 3.04. The number of aryl methyl sites for hydroxylation is 2. The van der Waals surface area contributed by atoms with E-state index in [9.17, 15) is 4.79 Å². The van der Waals surface area contributed by atoms with Crippen LogP contribution in [0.25, 0.3) is 22.4 Å². The Morgan fingerprint density at radius 2 is 2.30 bits per heavy atom. The molecule has 0 spiro atoms. The molecule has 0 aliphatic rings. The molecule has 3 aromatic heterocycles. The van der Waals surface area contributed by atoms with Crippen molar-refractivity contribution in [1.29, 1.82) is 0 Å². The normalized spacial score (nSPS) is 11.3. The SMILES string of the molecule is CCCCn1nc(C)c2c(-c3ccco3)cc(=O)[nH]c21. The molecule has 104 valence electrons. The Morgan fingerprint density at radius 3 is 3.00 bits per heavy atom. The van der Waals surface area contributed by atoms with Crippen LogP contribution in [-0.4, -0.2) is 14.8 Å². The van der Waals surface area contributed by atoms with Crippen molar-refractivity contribution in [2.75, 3.05) is 0 Å². The largest absolute Gasteiger partial charge is 0.464 e. The van der Waals surface area contributed by atoms with Gasteiger partial charge in [-0.25, -0.2) is 4.68 Å². The number of nitrogens with zero attached hydrogens (tertiary/aromatic N) is 2. The molecule has 5 nitrogen and oxygen atoms in total. The first-order valence-corrected chi connectivity index (χ1v) is 6.85. The molecule has 0 fully saturated rings. The maximum atomic E-state index is 11.9. The zero-order valence-electron chi connectivity index (χ0n) is 11.6. The minimum absolute atomic E-state index is 0.137. The molecule has 3 aromatic rings. The van der Waals surface area contributed by atoms with Gasteiger partial charge in [-0.2, -0.15) is 5.10 Å². The Bertz CT molecular complexity index is 781. The fourth-order valence-corrected chi connectivity index (χ4v) is 2.48. The number of aromatic nitrogens is 3. The molecular weight excluding hydrogens is 254 g/mol. The number of aromatic amines is 1. The number of fused-ring (bicyclic) bond motifs is 1. The Hall–Kier alpha value is -2.30. The predicted molar refractivity (Wildman–Crippen MR) is 77.7 cm³/mol. The highest BCUT2D eigenvalue weighted by Crippen LogP contribution is 2.28. The van der Waals surface area contributed by atoms with Crippen LogP contribution < -0.4 is 5.56 Å². The lowest BCUT2D eigenvalue weighted by molar-refractivity contribution is 0.579. The Labute approximate surface area is 116 Å². The van der Waals surface area contributed by atoms with Crippen LogP contribution in [0.3, 0.4) is 0 Å². The van der Waals surface area contributed by atoms with Crippen LogP contribution >= 0.6 is 0 Å². The van der Waals surface area contributed by atoms with Gasteiger partial charge in [-0.1, -0.05) is 13.3 Å². The smallest absolute Gasteiger partial charge is 0.250 e. The molecule has 0 bridgehead atoms. The molecule has 0 saturated heterocycles. The molecule has 0 unspecified atom stereocenters. The van der Waals surface area contributed by atoms with Crippen molar-refractivity contribution in [3.63, 3.8) is 0 Å². The van der Waals surface area contributed by atoms with Crippen molar-refractivity contribution in [2.45, 2.75) is 33.2 Å². The number of unbranched alkanes of at least 4 members (excludes halogenated alkanes) is 1. The summed E-state index contributed by atoms with van der Waals surface area (Å²) in [4.78, 5) is 14.8. The minimum atomic E-state index is -0.137. The molecular formula is C15H17N3O2. The lowest BCUT2D eigenvalue weighted by Gasteiger charge is -2.03. The number of hydrogen-bond donors (Lipinski definition) is 1. The highest BCUT2D eigenvalue weighted by atomic mass is 16.3. The first-order valence-electron chi connectivity index (χ1n) is 6.85.